The molecule has 0 spiro atoms. The summed E-state index contributed by atoms with van der Waals surface area (Å²) in [5, 5.41) is 15.5. The third kappa shape index (κ3) is 1.83. The van der Waals surface area contributed by atoms with Gasteiger partial charge < -0.3 is 5.11 Å². The molecule has 4 nitrogen and oxygen atoms in total. The van der Waals surface area contributed by atoms with Crippen LogP contribution in [0, 0.1) is 5.92 Å². The van der Waals surface area contributed by atoms with Crippen LogP contribution in [0.2, 0.25) is 0 Å². The number of aromatic nitrogens is 2. The van der Waals surface area contributed by atoms with Crippen molar-refractivity contribution in [3.63, 3.8) is 0 Å². The Morgan fingerprint density at radius 3 is 3.15 bits per heavy atom. The summed E-state index contributed by atoms with van der Waals surface area (Å²) in [4.78, 5) is 10.7. The predicted octanol–water partition coefficient (Wildman–Crippen LogP) is 1.02. The van der Waals surface area contributed by atoms with E-state index in [1.165, 1.54) is 0 Å². The third-order valence-electron chi connectivity index (χ3n) is 2.37. The molecule has 0 amide bonds. The summed E-state index contributed by atoms with van der Waals surface area (Å²) in [5.41, 5.74) is 2.17. The lowest BCUT2D eigenvalue weighted by atomic mass is 9.88. The molecule has 5 heteroatoms. The fraction of sp³-hybridized carbons (Fsp3) is 0.500. The maximum Gasteiger partial charge on any atom is 0.306 e. The highest BCUT2D eigenvalue weighted by Crippen LogP contribution is 2.23. The summed E-state index contributed by atoms with van der Waals surface area (Å²) in [6.45, 7) is 0. The van der Waals surface area contributed by atoms with Crippen molar-refractivity contribution in [1.29, 1.82) is 0 Å². The maximum atomic E-state index is 10.7. The van der Waals surface area contributed by atoms with E-state index in [2.05, 4.69) is 10.2 Å². The Morgan fingerprint density at radius 2 is 2.46 bits per heavy atom. The number of carboxylic acid groups (broad SMARTS) is 1. The van der Waals surface area contributed by atoms with Gasteiger partial charge in [0, 0.05) is 5.69 Å². The molecule has 1 aliphatic carbocycles. The number of rotatable bonds is 1. The number of nitrogens with one attached hydrogen (secondary N) is 1. The molecule has 0 radical (unpaired) electrons. The number of halogens is 1. The Hall–Kier alpha value is -1.03. The normalized spacial score (nSPS) is 20.2. The predicted molar refractivity (Wildman–Crippen MR) is 49.0 cm³/mol. The van der Waals surface area contributed by atoms with Gasteiger partial charge in [-0.3, -0.25) is 9.89 Å². The maximum absolute atomic E-state index is 10.7. The first-order chi connectivity index (χ1) is 5.77. The first-order valence-corrected chi connectivity index (χ1v) is 4.01. The molecule has 1 atom stereocenters. The fourth-order valence-electron chi connectivity index (χ4n) is 1.63. The molecular formula is C8H11ClN2O2. The van der Waals surface area contributed by atoms with Gasteiger partial charge in [0.25, 0.3) is 0 Å². The Kier molecular flexibility index (Phi) is 2.93. The van der Waals surface area contributed by atoms with E-state index in [1.807, 2.05) is 0 Å². The number of hydrogen-bond donors (Lipinski definition) is 2. The van der Waals surface area contributed by atoms with E-state index >= 15 is 0 Å². The Morgan fingerprint density at radius 1 is 1.69 bits per heavy atom. The van der Waals surface area contributed by atoms with Gasteiger partial charge in [0.15, 0.2) is 0 Å². The molecule has 0 aliphatic heterocycles. The van der Waals surface area contributed by atoms with Crippen LogP contribution in [0.1, 0.15) is 17.7 Å². The molecule has 0 saturated carbocycles. The molecule has 0 aromatic carbocycles. The molecule has 2 rings (SSSR count). The second kappa shape index (κ2) is 3.79. The van der Waals surface area contributed by atoms with Crippen molar-refractivity contribution >= 4 is 18.4 Å². The van der Waals surface area contributed by atoms with Crippen LogP contribution in [0.3, 0.4) is 0 Å². The Bertz CT molecular complexity index is 311. The number of H-pyrrole nitrogens is 1. The van der Waals surface area contributed by atoms with Crippen LogP contribution in [0.5, 0.6) is 0 Å². The highest BCUT2D eigenvalue weighted by atomic mass is 35.5. The minimum absolute atomic E-state index is 0. The molecule has 1 unspecified atom stereocenters. The smallest absolute Gasteiger partial charge is 0.306 e. The second-order valence-electron chi connectivity index (χ2n) is 3.15. The molecule has 2 N–H and O–H groups in total. The standard InChI is InChI=1S/C8H10N2O2.ClH/c11-8(12)5-1-2-7-6(3-5)4-9-10-7;/h4-5H,1-3H2,(H,9,10)(H,11,12);1H. The van der Waals surface area contributed by atoms with Gasteiger partial charge in [0.2, 0.25) is 0 Å². The van der Waals surface area contributed by atoms with Gasteiger partial charge in [0.05, 0.1) is 12.1 Å². The zero-order chi connectivity index (χ0) is 8.55. The molecule has 0 fully saturated rings. The highest BCUT2D eigenvalue weighted by Gasteiger charge is 2.24. The summed E-state index contributed by atoms with van der Waals surface area (Å²) < 4.78 is 0. The lowest BCUT2D eigenvalue weighted by Crippen LogP contribution is -2.21. The molecule has 1 heterocycles. The molecule has 1 aromatic heterocycles. The first-order valence-electron chi connectivity index (χ1n) is 4.01. The van der Waals surface area contributed by atoms with Crippen molar-refractivity contribution in [3.05, 3.63) is 17.5 Å². The van der Waals surface area contributed by atoms with Crippen LogP contribution in [0.15, 0.2) is 6.20 Å². The number of nitrogens with zero attached hydrogens (tertiary/aromatic N) is 1. The van der Waals surface area contributed by atoms with Gasteiger partial charge >= 0.3 is 5.97 Å². The number of aliphatic carboxylic acids is 1. The van der Waals surface area contributed by atoms with Crippen molar-refractivity contribution in [1.82, 2.24) is 10.2 Å². The van der Waals surface area contributed by atoms with Crippen molar-refractivity contribution in [2.24, 2.45) is 5.92 Å². The van der Waals surface area contributed by atoms with Crippen molar-refractivity contribution in [2.75, 3.05) is 0 Å². The molecule has 72 valence electrons. The number of hydrogen-bond acceptors (Lipinski definition) is 2. The number of aryl methyl sites for hydroxylation is 1. The number of aromatic amines is 1. The summed E-state index contributed by atoms with van der Waals surface area (Å²) in [7, 11) is 0. The topological polar surface area (TPSA) is 66.0 Å². The SMILES string of the molecule is Cl.O=C(O)C1CCc2[nH]ncc2C1. The van der Waals surface area contributed by atoms with Crippen LogP contribution >= 0.6 is 12.4 Å². The summed E-state index contributed by atoms with van der Waals surface area (Å²) in [6.07, 6.45) is 3.89. The van der Waals surface area contributed by atoms with Gasteiger partial charge in [-0.25, -0.2) is 0 Å². The minimum Gasteiger partial charge on any atom is -0.481 e. The second-order valence-corrected chi connectivity index (χ2v) is 3.15. The lowest BCUT2D eigenvalue weighted by molar-refractivity contribution is -0.142. The van der Waals surface area contributed by atoms with E-state index < -0.39 is 5.97 Å². The van der Waals surface area contributed by atoms with Gasteiger partial charge in [-0.2, -0.15) is 5.10 Å². The largest absolute Gasteiger partial charge is 0.481 e. The van der Waals surface area contributed by atoms with Gasteiger partial charge in [-0.1, -0.05) is 0 Å². The van der Waals surface area contributed by atoms with Gasteiger partial charge in [-0.05, 0) is 24.8 Å². The summed E-state index contributed by atoms with van der Waals surface area (Å²) in [5.74, 6) is -0.906. The highest BCUT2D eigenvalue weighted by molar-refractivity contribution is 5.85. The first kappa shape index (κ1) is 10.1. The fourth-order valence-corrected chi connectivity index (χ4v) is 1.63. The number of carbonyl (C=O) groups is 1. The van der Waals surface area contributed by atoms with Crippen LogP contribution in [0.25, 0.3) is 0 Å². The summed E-state index contributed by atoms with van der Waals surface area (Å²) in [6, 6.07) is 0. The zero-order valence-electron chi connectivity index (χ0n) is 6.99. The van der Waals surface area contributed by atoms with E-state index in [1.54, 1.807) is 6.20 Å². The molecule has 1 aliphatic rings. The zero-order valence-corrected chi connectivity index (χ0v) is 7.80. The Balaban J connectivity index is 0.000000845. The average molecular weight is 203 g/mol. The Labute approximate surface area is 81.8 Å². The van der Waals surface area contributed by atoms with E-state index in [4.69, 9.17) is 5.11 Å². The van der Waals surface area contributed by atoms with Crippen LogP contribution < -0.4 is 0 Å². The van der Waals surface area contributed by atoms with Crippen LogP contribution in [-0.2, 0) is 17.6 Å². The average Bonchev–Trinajstić information content (AvgIpc) is 2.49. The molecule has 1 aromatic rings. The van der Waals surface area contributed by atoms with E-state index in [0.29, 0.717) is 6.42 Å². The monoisotopic (exact) mass is 202 g/mol. The lowest BCUT2D eigenvalue weighted by Gasteiger charge is -2.16. The minimum atomic E-state index is -0.693. The van der Waals surface area contributed by atoms with Crippen molar-refractivity contribution in [2.45, 2.75) is 19.3 Å². The molecule has 13 heavy (non-hydrogen) atoms. The van der Waals surface area contributed by atoms with Crippen LogP contribution in [0.4, 0.5) is 0 Å². The molecular weight excluding hydrogens is 192 g/mol. The van der Waals surface area contributed by atoms with E-state index in [-0.39, 0.29) is 18.3 Å². The number of fused-ring (bicyclic) bond motifs is 1. The third-order valence-corrected chi connectivity index (χ3v) is 2.37. The van der Waals surface area contributed by atoms with Crippen LogP contribution in [-0.4, -0.2) is 21.3 Å². The molecule has 0 bridgehead atoms. The van der Waals surface area contributed by atoms with E-state index in [0.717, 1.165) is 24.1 Å². The number of carboxylic acids is 1. The quantitative estimate of drug-likeness (QED) is 0.715. The van der Waals surface area contributed by atoms with Crippen molar-refractivity contribution < 1.29 is 9.90 Å². The van der Waals surface area contributed by atoms with Gasteiger partial charge in [0.1, 0.15) is 0 Å². The molecule has 0 saturated heterocycles. The van der Waals surface area contributed by atoms with E-state index in [9.17, 15) is 4.79 Å². The summed E-state index contributed by atoms with van der Waals surface area (Å²) >= 11 is 0. The van der Waals surface area contributed by atoms with Crippen molar-refractivity contribution in [3.8, 4) is 0 Å². The van der Waals surface area contributed by atoms with Gasteiger partial charge in [-0.15, -0.1) is 12.4 Å².